The average molecular weight is 475 g/mol. The Morgan fingerprint density at radius 1 is 1.03 bits per heavy atom. The van der Waals surface area contributed by atoms with Gasteiger partial charge in [0.15, 0.2) is 0 Å². The number of thiophene rings is 1. The number of benzene rings is 2. The Kier molecular flexibility index (Phi) is 6.13. The Morgan fingerprint density at radius 3 is 2.52 bits per heavy atom. The van der Waals surface area contributed by atoms with Crippen molar-refractivity contribution >= 4 is 56.0 Å². The first-order chi connectivity index (χ1) is 16.1. The number of rotatable bonds is 4. The Labute approximate surface area is 201 Å². The summed E-state index contributed by atoms with van der Waals surface area (Å²) < 4.78 is 1.22. The molecule has 3 heterocycles. The van der Waals surface area contributed by atoms with E-state index in [-0.39, 0.29) is 6.03 Å². The van der Waals surface area contributed by atoms with Crippen LogP contribution in [0.15, 0.2) is 72.4 Å². The third-order valence-corrected chi connectivity index (χ3v) is 7.08. The van der Waals surface area contributed by atoms with E-state index in [0.717, 1.165) is 36.3 Å². The monoisotopic (exact) mass is 474 g/mol. The molecule has 166 valence electrons. The molecule has 0 unspecified atom stereocenters. The van der Waals surface area contributed by atoms with Crippen molar-refractivity contribution in [2.45, 2.75) is 6.42 Å². The molecular formula is C26H23ClN4OS. The maximum atomic E-state index is 12.7. The van der Waals surface area contributed by atoms with Gasteiger partial charge in [-0.25, -0.2) is 4.79 Å². The van der Waals surface area contributed by atoms with Gasteiger partial charge in [0.25, 0.3) is 0 Å². The van der Waals surface area contributed by atoms with E-state index in [1.54, 1.807) is 29.8 Å². The summed E-state index contributed by atoms with van der Waals surface area (Å²) in [5.74, 6) is 0. The van der Waals surface area contributed by atoms with Crippen LogP contribution in [-0.2, 0) is 0 Å². The molecule has 2 aromatic carbocycles. The van der Waals surface area contributed by atoms with Crippen LogP contribution in [0.5, 0.6) is 0 Å². The average Bonchev–Trinajstić information content (AvgIpc) is 3.23. The largest absolute Gasteiger partial charge is 0.323 e. The van der Waals surface area contributed by atoms with Crippen LogP contribution in [0.25, 0.3) is 26.8 Å². The topological polar surface area (TPSA) is 57.3 Å². The standard InChI is InChI=1S/C26H23ClN4OS/c1-31-12-8-18(9-13-31)23-16-33-25-5-3-19(14-22(23)25)29-26(32)30-20-2-4-21(24(27)15-20)17-6-10-28-11-7-17/h2-8,10-11,14-16H,9,12-13H2,1H3,(H2,29,30,32). The van der Waals surface area contributed by atoms with E-state index in [1.165, 1.54) is 21.2 Å². The number of carbonyl (C=O) groups is 1. The molecule has 0 atom stereocenters. The molecule has 2 aromatic heterocycles. The normalized spacial score (nSPS) is 14.2. The summed E-state index contributed by atoms with van der Waals surface area (Å²) in [5.41, 5.74) is 5.90. The lowest BCUT2D eigenvalue weighted by molar-refractivity contribution is 0.262. The fourth-order valence-corrected chi connectivity index (χ4v) is 5.28. The first-order valence-electron chi connectivity index (χ1n) is 10.7. The quantitative estimate of drug-likeness (QED) is 0.335. The SMILES string of the molecule is CN1CC=C(c2csc3ccc(NC(=O)Nc4ccc(-c5ccncc5)c(Cl)c4)cc23)CC1. The number of urea groups is 1. The minimum atomic E-state index is -0.308. The molecule has 7 heteroatoms. The molecule has 1 aliphatic rings. The number of amides is 2. The molecule has 0 spiro atoms. The highest BCUT2D eigenvalue weighted by molar-refractivity contribution is 7.17. The highest BCUT2D eigenvalue weighted by Gasteiger charge is 2.14. The van der Waals surface area contributed by atoms with Crippen LogP contribution in [0.4, 0.5) is 16.2 Å². The van der Waals surface area contributed by atoms with Gasteiger partial charge in [0.1, 0.15) is 0 Å². The van der Waals surface area contributed by atoms with Gasteiger partial charge in [0.2, 0.25) is 0 Å². The molecule has 5 nitrogen and oxygen atoms in total. The van der Waals surface area contributed by atoms with Crippen LogP contribution in [0.3, 0.4) is 0 Å². The van der Waals surface area contributed by atoms with Crippen molar-refractivity contribution in [3.8, 4) is 11.1 Å². The lowest BCUT2D eigenvalue weighted by Crippen LogP contribution is -2.23. The zero-order chi connectivity index (χ0) is 22.8. The highest BCUT2D eigenvalue weighted by atomic mass is 35.5. The van der Waals surface area contributed by atoms with Gasteiger partial charge in [-0.3, -0.25) is 4.98 Å². The molecule has 0 aliphatic carbocycles. The number of hydrogen-bond donors (Lipinski definition) is 2. The van der Waals surface area contributed by atoms with E-state index >= 15 is 0 Å². The number of carbonyl (C=O) groups excluding carboxylic acids is 1. The summed E-state index contributed by atoms with van der Waals surface area (Å²) in [6.45, 7) is 2.03. The van der Waals surface area contributed by atoms with Crippen molar-refractivity contribution < 1.29 is 4.79 Å². The fraction of sp³-hybridized carbons (Fsp3) is 0.154. The van der Waals surface area contributed by atoms with E-state index in [0.29, 0.717) is 10.7 Å². The Bertz CT molecular complexity index is 1350. The number of nitrogens with zero attached hydrogens (tertiary/aromatic N) is 2. The van der Waals surface area contributed by atoms with Gasteiger partial charge in [0.05, 0.1) is 5.02 Å². The third kappa shape index (κ3) is 4.78. The molecule has 5 rings (SSSR count). The fourth-order valence-electron chi connectivity index (χ4n) is 4.02. The molecule has 4 aromatic rings. The van der Waals surface area contributed by atoms with Crippen LogP contribution < -0.4 is 10.6 Å². The van der Waals surface area contributed by atoms with Crippen molar-refractivity contribution in [1.82, 2.24) is 9.88 Å². The lowest BCUT2D eigenvalue weighted by atomic mass is 9.99. The van der Waals surface area contributed by atoms with Crippen molar-refractivity contribution in [2.24, 2.45) is 0 Å². The second-order valence-corrected chi connectivity index (χ2v) is 9.43. The van der Waals surface area contributed by atoms with Gasteiger partial charge in [-0.05, 0) is 78.0 Å². The molecule has 0 saturated carbocycles. The maximum Gasteiger partial charge on any atom is 0.323 e. The third-order valence-electron chi connectivity index (χ3n) is 5.81. The molecule has 0 radical (unpaired) electrons. The summed E-state index contributed by atoms with van der Waals surface area (Å²) in [6, 6.07) is 15.0. The second-order valence-electron chi connectivity index (χ2n) is 8.11. The van der Waals surface area contributed by atoms with Gasteiger partial charge < -0.3 is 15.5 Å². The van der Waals surface area contributed by atoms with E-state index in [4.69, 9.17) is 11.6 Å². The maximum absolute atomic E-state index is 12.7. The van der Waals surface area contributed by atoms with E-state index < -0.39 is 0 Å². The van der Waals surface area contributed by atoms with Crippen LogP contribution in [0.2, 0.25) is 5.02 Å². The van der Waals surface area contributed by atoms with Crippen molar-refractivity contribution in [3.05, 3.63) is 83.0 Å². The summed E-state index contributed by atoms with van der Waals surface area (Å²) in [5, 5.41) is 9.79. The molecule has 0 fully saturated rings. The number of anilines is 2. The van der Waals surface area contributed by atoms with E-state index in [1.807, 2.05) is 30.3 Å². The van der Waals surface area contributed by atoms with Crippen LogP contribution in [0.1, 0.15) is 12.0 Å². The summed E-state index contributed by atoms with van der Waals surface area (Å²) in [7, 11) is 2.14. The number of pyridine rings is 1. The number of hydrogen-bond acceptors (Lipinski definition) is 4. The first kappa shape index (κ1) is 21.6. The lowest BCUT2D eigenvalue weighted by Gasteiger charge is -2.21. The Hall–Kier alpha value is -3.19. The van der Waals surface area contributed by atoms with Crippen LogP contribution in [-0.4, -0.2) is 36.1 Å². The van der Waals surface area contributed by atoms with Crippen LogP contribution >= 0.6 is 22.9 Å². The van der Waals surface area contributed by atoms with Crippen LogP contribution in [0, 0.1) is 0 Å². The second kappa shape index (κ2) is 9.35. The molecule has 33 heavy (non-hydrogen) atoms. The number of fused-ring (bicyclic) bond motifs is 1. The number of aromatic nitrogens is 1. The molecular weight excluding hydrogens is 452 g/mol. The molecule has 0 bridgehead atoms. The number of nitrogens with one attached hydrogen (secondary N) is 2. The first-order valence-corrected chi connectivity index (χ1v) is 12.0. The predicted molar refractivity (Wildman–Crippen MR) is 139 cm³/mol. The smallest absolute Gasteiger partial charge is 0.308 e. The van der Waals surface area contributed by atoms with Gasteiger partial charge in [-0.15, -0.1) is 11.3 Å². The predicted octanol–water partition coefficient (Wildman–Crippen LogP) is 6.98. The summed E-state index contributed by atoms with van der Waals surface area (Å²) >= 11 is 8.20. The van der Waals surface area contributed by atoms with Crippen molar-refractivity contribution in [3.63, 3.8) is 0 Å². The van der Waals surface area contributed by atoms with E-state index in [2.05, 4.69) is 51.2 Å². The zero-order valence-corrected chi connectivity index (χ0v) is 19.7. The number of halogens is 1. The summed E-state index contributed by atoms with van der Waals surface area (Å²) in [6.07, 6.45) is 6.79. The number of likely N-dealkylation sites (N-methyl/N-ethyl adjacent to an activating group) is 1. The molecule has 2 amide bonds. The minimum absolute atomic E-state index is 0.308. The Balaban J connectivity index is 1.31. The van der Waals surface area contributed by atoms with Crippen molar-refractivity contribution in [2.75, 3.05) is 30.8 Å². The van der Waals surface area contributed by atoms with Gasteiger partial charge in [-0.2, -0.15) is 0 Å². The molecule has 0 saturated heterocycles. The molecule has 1 aliphatic heterocycles. The summed E-state index contributed by atoms with van der Waals surface area (Å²) in [4.78, 5) is 19.0. The van der Waals surface area contributed by atoms with Gasteiger partial charge in [0, 0.05) is 52.5 Å². The van der Waals surface area contributed by atoms with Gasteiger partial charge >= 0.3 is 6.03 Å². The zero-order valence-electron chi connectivity index (χ0n) is 18.1. The Morgan fingerprint density at radius 2 is 1.79 bits per heavy atom. The minimum Gasteiger partial charge on any atom is -0.308 e. The van der Waals surface area contributed by atoms with Crippen molar-refractivity contribution in [1.29, 1.82) is 0 Å². The van der Waals surface area contributed by atoms with Gasteiger partial charge in [-0.1, -0.05) is 23.7 Å². The molecule has 2 N–H and O–H groups in total. The van der Waals surface area contributed by atoms with E-state index in [9.17, 15) is 4.79 Å². The highest BCUT2D eigenvalue weighted by Crippen LogP contribution is 2.35.